The number of rotatable bonds is 8. The molecule has 0 unspecified atom stereocenters. The molecule has 3 N–H and O–H groups in total. The molecule has 9 heteroatoms. The average Bonchev–Trinajstić information content (AvgIpc) is 2.57. The fourth-order valence-corrected chi connectivity index (χ4v) is 2.76. The molecule has 0 aliphatic carbocycles. The largest absolute Gasteiger partial charge is 0.388 e. The van der Waals surface area contributed by atoms with E-state index in [0.29, 0.717) is 0 Å². The monoisotopic (exact) mass is 385 g/mol. The number of nitrogens with zero attached hydrogens (tertiary/aromatic N) is 1. The predicted octanol–water partition coefficient (Wildman–Crippen LogP) is 0.190. The van der Waals surface area contributed by atoms with Gasteiger partial charge >= 0.3 is 0 Å². The summed E-state index contributed by atoms with van der Waals surface area (Å²) >= 11 is 0. The fourth-order valence-electron chi connectivity index (χ4n) is 1.82. The molecule has 1 aromatic carbocycles. The molecule has 146 valence electrons. The van der Waals surface area contributed by atoms with E-state index in [1.165, 1.54) is 38.4 Å². The average molecular weight is 385 g/mol. The van der Waals surface area contributed by atoms with E-state index < -0.39 is 27.4 Å². The number of benzene rings is 1. The minimum Gasteiger partial charge on any atom is -0.388 e. The summed E-state index contributed by atoms with van der Waals surface area (Å²) in [5, 5.41) is 15.1. The van der Waals surface area contributed by atoms with Crippen molar-refractivity contribution in [2.45, 2.75) is 31.3 Å². The first-order valence-corrected chi connectivity index (χ1v) is 9.62. The normalized spacial score (nSPS) is 14.2. The van der Waals surface area contributed by atoms with Gasteiger partial charge in [-0.25, -0.2) is 12.7 Å². The Morgan fingerprint density at radius 3 is 2.38 bits per heavy atom. The van der Waals surface area contributed by atoms with Gasteiger partial charge in [-0.3, -0.25) is 9.59 Å². The molecule has 0 spiro atoms. The second-order valence-corrected chi connectivity index (χ2v) is 8.94. The third-order valence-corrected chi connectivity index (χ3v) is 5.98. The summed E-state index contributed by atoms with van der Waals surface area (Å²) in [6, 6.07) is 5.58. The number of amides is 2. The van der Waals surface area contributed by atoms with Crippen LogP contribution >= 0.6 is 0 Å². The van der Waals surface area contributed by atoms with Gasteiger partial charge in [0.1, 0.15) is 0 Å². The molecular formula is C17H27N3O5S. The lowest BCUT2D eigenvalue weighted by Gasteiger charge is -2.27. The highest BCUT2D eigenvalue weighted by Crippen LogP contribution is 2.15. The first-order chi connectivity index (χ1) is 11.9. The molecule has 0 radical (unpaired) electrons. The van der Waals surface area contributed by atoms with Crippen LogP contribution in [-0.4, -0.2) is 62.4 Å². The minimum absolute atomic E-state index is 0.00687. The Morgan fingerprint density at radius 1 is 1.23 bits per heavy atom. The van der Waals surface area contributed by atoms with Gasteiger partial charge in [0.2, 0.25) is 15.9 Å². The molecule has 0 aliphatic heterocycles. The second-order valence-electron chi connectivity index (χ2n) is 6.79. The van der Waals surface area contributed by atoms with E-state index in [4.69, 9.17) is 0 Å². The standard InChI is InChI=1S/C17H27N3O5S/c1-12(2)17(3,23)11-19-15(21)10-18-16(22)13-7-6-8-14(9-13)26(24,25)20(4)5/h6-9,12,23H,10-11H2,1-5H3,(H,18,22)(H,19,21)/t17-/m0/s1. The van der Waals surface area contributed by atoms with E-state index in [-0.39, 0.29) is 29.5 Å². The minimum atomic E-state index is -3.65. The van der Waals surface area contributed by atoms with Gasteiger partial charge in [-0.15, -0.1) is 0 Å². The number of hydrogen-bond donors (Lipinski definition) is 3. The number of aliphatic hydroxyl groups is 1. The van der Waals surface area contributed by atoms with Crippen LogP contribution in [0.4, 0.5) is 0 Å². The molecule has 0 heterocycles. The summed E-state index contributed by atoms with van der Waals surface area (Å²) in [5.74, 6) is -1.05. The Balaban J connectivity index is 2.68. The van der Waals surface area contributed by atoms with E-state index >= 15 is 0 Å². The quantitative estimate of drug-likeness (QED) is 0.591. The van der Waals surface area contributed by atoms with Crippen LogP contribution in [0.25, 0.3) is 0 Å². The molecule has 0 aliphatic rings. The zero-order valence-corrected chi connectivity index (χ0v) is 16.6. The van der Waals surface area contributed by atoms with E-state index in [2.05, 4.69) is 10.6 Å². The molecule has 0 aromatic heterocycles. The van der Waals surface area contributed by atoms with Crippen LogP contribution in [-0.2, 0) is 14.8 Å². The van der Waals surface area contributed by atoms with E-state index in [1.807, 2.05) is 13.8 Å². The van der Waals surface area contributed by atoms with Crippen LogP contribution in [0.15, 0.2) is 29.2 Å². The Morgan fingerprint density at radius 2 is 1.85 bits per heavy atom. The highest BCUT2D eigenvalue weighted by molar-refractivity contribution is 7.89. The summed E-state index contributed by atoms with van der Waals surface area (Å²) < 4.78 is 25.3. The van der Waals surface area contributed by atoms with Crippen LogP contribution < -0.4 is 10.6 Å². The van der Waals surface area contributed by atoms with Gasteiger partial charge in [0.15, 0.2) is 0 Å². The fraction of sp³-hybridized carbons (Fsp3) is 0.529. The van der Waals surface area contributed by atoms with Gasteiger partial charge in [0.25, 0.3) is 5.91 Å². The Bertz CT molecular complexity index is 757. The van der Waals surface area contributed by atoms with Gasteiger partial charge < -0.3 is 15.7 Å². The maximum atomic E-state index is 12.2. The zero-order valence-electron chi connectivity index (χ0n) is 15.7. The van der Waals surface area contributed by atoms with Crippen molar-refractivity contribution in [2.24, 2.45) is 5.92 Å². The van der Waals surface area contributed by atoms with E-state index in [9.17, 15) is 23.1 Å². The number of hydrogen-bond acceptors (Lipinski definition) is 5. The van der Waals surface area contributed by atoms with Crippen molar-refractivity contribution in [3.8, 4) is 0 Å². The zero-order chi connectivity index (χ0) is 20.1. The first-order valence-electron chi connectivity index (χ1n) is 8.18. The van der Waals surface area contributed by atoms with Crippen molar-refractivity contribution in [1.82, 2.24) is 14.9 Å². The van der Waals surface area contributed by atoms with E-state index in [0.717, 1.165) is 4.31 Å². The molecule has 2 amide bonds. The van der Waals surface area contributed by atoms with E-state index in [1.54, 1.807) is 6.92 Å². The van der Waals surface area contributed by atoms with Crippen LogP contribution in [0.1, 0.15) is 31.1 Å². The summed E-state index contributed by atoms with van der Waals surface area (Å²) in [5.41, 5.74) is -0.913. The lowest BCUT2D eigenvalue weighted by Crippen LogP contribution is -2.47. The van der Waals surface area contributed by atoms with Crippen LogP contribution in [0, 0.1) is 5.92 Å². The van der Waals surface area contributed by atoms with Crippen LogP contribution in [0.2, 0.25) is 0 Å². The maximum Gasteiger partial charge on any atom is 0.251 e. The molecule has 8 nitrogen and oxygen atoms in total. The molecule has 1 aromatic rings. The van der Waals surface area contributed by atoms with Gasteiger partial charge in [-0.05, 0) is 31.0 Å². The summed E-state index contributed by atoms with van der Waals surface area (Å²) in [6.45, 7) is 5.08. The van der Waals surface area contributed by atoms with Gasteiger partial charge in [0, 0.05) is 26.2 Å². The molecule has 1 rings (SSSR count). The van der Waals surface area contributed by atoms with Crippen molar-refractivity contribution >= 4 is 21.8 Å². The molecule has 0 saturated carbocycles. The summed E-state index contributed by atoms with van der Waals surface area (Å²) in [6.07, 6.45) is 0. The second kappa shape index (κ2) is 8.61. The Kier molecular flexibility index (Phi) is 7.31. The Hall–Kier alpha value is -1.97. The van der Waals surface area contributed by atoms with Gasteiger partial charge in [0.05, 0.1) is 17.0 Å². The topological polar surface area (TPSA) is 116 Å². The number of carbonyl (C=O) groups is 2. The van der Waals surface area contributed by atoms with Crippen molar-refractivity contribution in [2.75, 3.05) is 27.2 Å². The Labute approximate surface area is 154 Å². The third-order valence-electron chi connectivity index (χ3n) is 4.17. The lowest BCUT2D eigenvalue weighted by atomic mass is 9.92. The maximum absolute atomic E-state index is 12.2. The molecule has 1 atom stereocenters. The molecule has 0 bridgehead atoms. The molecule has 0 fully saturated rings. The van der Waals surface area contributed by atoms with Crippen LogP contribution in [0.3, 0.4) is 0 Å². The lowest BCUT2D eigenvalue weighted by molar-refractivity contribution is -0.121. The van der Waals surface area contributed by atoms with Crippen LogP contribution in [0.5, 0.6) is 0 Å². The molecular weight excluding hydrogens is 358 g/mol. The SMILES string of the molecule is CC(C)[C@@](C)(O)CNC(=O)CNC(=O)c1cccc(S(=O)(=O)N(C)C)c1. The smallest absolute Gasteiger partial charge is 0.251 e. The number of sulfonamides is 1. The van der Waals surface area contributed by atoms with Gasteiger partial charge in [-0.2, -0.15) is 0 Å². The molecule has 26 heavy (non-hydrogen) atoms. The third kappa shape index (κ3) is 5.79. The van der Waals surface area contributed by atoms with Crippen molar-refractivity contribution in [1.29, 1.82) is 0 Å². The van der Waals surface area contributed by atoms with Crippen molar-refractivity contribution in [3.63, 3.8) is 0 Å². The van der Waals surface area contributed by atoms with Crippen molar-refractivity contribution in [3.05, 3.63) is 29.8 Å². The summed E-state index contributed by atoms with van der Waals surface area (Å²) in [7, 11) is -0.849. The first kappa shape index (κ1) is 22.1. The summed E-state index contributed by atoms with van der Waals surface area (Å²) in [4.78, 5) is 24.0. The number of carbonyl (C=O) groups excluding carboxylic acids is 2. The van der Waals surface area contributed by atoms with Gasteiger partial charge in [-0.1, -0.05) is 19.9 Å². The number of nitrogens with one attached hydrogen (secondary N) is 2. The highest BCUT2D eigenvalue weighted by atomic mass is 32.2. The predicted molar refractivity (Wildman–Crippen MR) is 98.1 cm³/mol. The van der Waals surface area contributed by atoms with Crippen molar-refractivity contribution < 1.29 is 23.1 Å². The molecule has 0 saturated heterocycles. The highest BCUT2D eigenvalue weighted by Gasteiger charge is 2.25.